The Kier molecular flexibility index (Phi) is 7.97. The first-order valence-electron chi connectivity index (χ1n) is 17.0. The summed E-state index contributed by atoms with van der Waals surface area (Å²) >= 11 is 0. The highest BCUT2D eigenvalue weighted by molar-refractivity contribution is 5.90. The fraction of sp³-hybridized carbons (Fsp3) is 0.366. The second-order valence-corrected chi connectivity index (χ2v) is 13.2. The SMILES string of the molecule is CC/C=C/N(C1=C(C)CCCC1)c1cc(N2CC(C)=C(C)c3ccccc32)cc(-n2c3c(c4ccccc42)CCCCC3)c1. The fourth-order valence-corrected chi connectivity index (χ4v) is 7.81. The van der Waals surface area contributed by atoms with Crippen LogP contribution in [0.5, 0.6) is 0 Å². The lowest BCUT2D eigenvalue weighted by atomic mass is 9.94. The van der Waals surface area contributed by atoms with Gasteiger partial charge in [0, 0.05) is 57.8 Å². The first-order chi connectivity index (χ1) is 21.5. The van der Waals surface area contributed by atoms with E-state index in [9.17, 15) is 0 Å². The molecule has 3 aliphatic rings. The third-order valence-electron chi connectivity index (χ3n) is 10.3. The van der Waals surface area contributed by atoms with Gasteiger partial charge in [0.15, 0.2) is 0 Å². The second-order valence-electron chi connectivity index (χ2n) is 13.2. The summed E-state index contributed by atoms with van der Waals surface area (Å²) in [5.74, 6) is 0. The van der Waals surface area contributed by atoms with Crippen molar-refractivity contribution in [1.82, 2.24) is 4.57 Å². The fourth-order valence-electron chi connectivity index (χ4n) is 7.81. The van der Waals surface area contributed by atoms with Crippen LogP contribution in [0.15, 0.2) is 95.8 Å². The minimum Gasteiger partial charge on any atom is -0.337 e. The third kappa shape index (κ3) is 5.11. The number of para-hydroxylation sites is 2. The van der Waals surface area contributed by atoms with Gasteiger partial charge in [-0.2, -0.15) is 0 Å². The molecule has 1 aromatic heterocycles. The molecule has 2 aliphatic carbocycles. The summed E-state index contributed by atoms with van der Waals surface area (Å²) in [6.07, 6.45) is 16.7. The minimum absolute atomic E-state index is 0.906. The normalized spacial score (nSPS) is 17.3. The Morgan fingerprint density at radius 1 is 0.750 bits per heavy atom. The van der Waals surface area contributed by atoms with Crippen LogP contribution >= 0.6 is 0 Å². The molecule has 226 valence electrons. The molecule has 1 aliphatic heterocycles. The van der Waals surface area contributed by atoms with Crippen molar-refractivity contribution < 1.29 is 0 Å². The Morgan fingerprint density at radius 2 is 1.50 bits per heavy atom. The van der Waals surface area contributed by atoms with Crippen LogP contribution in [0.2, 0.25) is 0 Å². The van der Waals surface area contributed by atoms with E-state index in [1.807, 2.05) is 0 Å². The molecule has 0 saturated heterocycles. The van der Waals surface area contributed by atoms with Crippen molar-refractivity contribution >= 4 is 33.5 Å². The van der Waals surface area contributed by atoms with Gasteiger partial charge < -0.3 is 14.4 Å². The van der Waals surface area contributed by atoms with Gasteiger partial charge in [-0.15, -0.1) is 0 Å². The van der Waals surface area contributed by atoms with Crippen molar-refractivity contribution in [3.63, 3.8) is 0 Å². The Labute approximate surface area is 264 Å². The number of hydrogen-bond donors (Lipinski definition) is 0. The minimum atomic E-state index is 0.906. The third-order valence-corrected chi connectivity index (χ3v) is 10.3. The van der Waals surface area contributed by atoms with Crippen LogP contribution in [0, 0.1) is 0 Å². The number of anilines is 3. The first kappa shape index (κ1) is 28.8. The average Bonchev–Trinajstić information content (AvgIpc) is 3.17. The van der Waals surface area contributed by atoms with Gasteiger partial charge >= 0.3 is 0 Å². The van der Waals surface area contributed by atoms with Crippen LogP contribution in [0.1, 0.15) is 95.9 Å². The standard InChI is InChI=1S/C41H47N3/c1-5-6-24-42(38-20-13-10-16-29(38)2)32-25-33(43-28-30(3)31(4)35-17-11-14-21-39(35)43)27-34(26-32)44-40-22-9-7-8-18-36(40)37-19-12-15-23-41(37)44/h6,11-12,14-15,17,19,21,23-27H,5,7-10,13,16,18,20,22,28H2,1-4H3/b24-6+. The molecule has 7 rings (SSSR count). The second kappa shape index (κ2) is 12.2. The molecule has 0 amide bonds. The highest BCUT2D eigenvalue weighted by atomic mass is 15.2. The van der Waals surface area contributed by atoms with Crippen molar-refractivity contribution in [1.29, 1.82) is 0 Å². The quantitative estimate of drug-likeness (QED) is 0.210. The van der Waals surface area contributed by atoms with Crippen LogP contribution < -0.4 is 9.80 Å². The summed E-state index contributed by atoms with van der Waals surface area (Å²) < 4.78 is 2.62. The van der Waals surface area contributed by atoms with E-state index in [0.29, 0.717) is 0 Å². The zero-order valence-corrected chi connectivity index (χ0v) is 27.1. The summed E-state index contributed by atoms with van der Waals surface area (Å²) in [5.41, 5.74) is 16.7. The summed E-state index contributed by atoms with van der Waals surface area (Å²) in [5, 5.41) is 1.43. The maximum atomic E-state index is 2.62. The predicted octanol–water partition coefficient (Wildman–Crippen LogP) is 11.4. The monoisotopic (exact) mass is 581 g/mol. The Hall–Kier alpha value is -3.98. The average molecular weight is 582 g/mol. The zero-order chi connectivity index (χ0) is 30.2. The van der Waals surface area contributed by atoms with E-state index >= 15 is 0 Å². The van der Waals surface area contributed by atoms with Crippen molar-refractivity contribution in [2.75, 3.05) is 16.3 Å². The van der Waals surface area contributed by atoms with Gasteiger partial charge in [0.1, 0.15) is 0 Å². The van der Waals surface area contributed by atoms with Gasteiger partial charge in [0.05, 0.1) is 5.52 Å². The molecule has 0 N–H and O–H groups in total. The van der Waals surface area contributed by atoms with E-state index in [1.54, 1.807) is 5.56 Å². The highest BCUT2D eigenvalue weighted by Gasteiger charge is 2.26. The van der Waals surface area contributed by atoms with Crippen molar-refractivity contribution in [3.05, 3.63) is 113 Å². The van der Waals surface area contributed by atoms with E-state index < -0.39 is 0 Å². The number of nitrogens with zero attached hydrogens (tertiary/aromatic N) is 3. The van der Waals surface area contributed by atoms with Crippen molar-refractivity contribution in [2.45, 2.75) is 91.9 Å². The van der Waals surface area contributed by atoms with Crippen LogP contribution in [0.25, 0.3) is 22.2 Å². The molecule has 2 heterocycles. The smallest absolute Gasteiger partial charge is 0.0534 e. The van der Waals surface area contributed by atoms with Crippen LogP contribution in [-0.4, -0.2) is 11.1 Å². The molecule has 0 spiro atoms. The number of benzene rings is 3. The number of allylic oxidation sites excluding steroid dienone is 4. The van der Waals surface area contributed by atoms with E-state index in [4.69, 9.17) is 0 Å². The van der Waals surface area contributed by atoms with Gasteiger partial charge in [-0.05, 0) is 120 Å². The van der Waals surface area contributed by atoms with Crippen LogP contribution in [0.4, 0.5) is 17.1 Å². The molecule has 0 atom stereocenters. The van der Waals surface area contributed by atoms with Gasteiger partial charge in [-0.3, -0.25) is 0 Å². The molecule has 44 heavy (non-hydrogen) atoms. The molecule has 3 aromatic carbocycles. The van der Waals surface area contributed by atoms with Gasteiger partial charge in [0.2, 0.25) is 0 Å². The van der Waals surface area contributed by atoms with Crippen LogP contribution in [0.3, 0.4) is 0 Å². The largest absolute Gasteiger partial charge is 0.337 e. The molecular formula is C41H47N3. The summed E-state index contributed by atoms with van der Waals surface area (Å²) in [7, 11) is 0. The summed E-state index contributed by atoms with van der Waals surface area (Å²) in [6, 6.07) is 25.5. The Balaban J connectivity index is 1.49. The van der Waals surface area contributed by atoms with Gasteiger partial charge in [-0.1, -0.05) is 67.0 Å². The topological polar surface area (TPSA) is 11.4 Å². The lowest BCUT2D eigenvalue weighted by Gasteiger charge is -2.35. The molecule has 0 saturated carbocycles. The number of hydrogen-bond acceptors (Lipinski definition) is 2. The number of fused-ring (bicyclic) bond motifs is 4. The molecule has 4 aromatic rings. The van der Waals surface area contributed by atoms with E-state index in [1.165, 1.54) is 112 Å². The lowest BCUT2D eigenvalue weighted by Crippen LogP contribution is -2.25. The zero-order valence-electron chi connectivity index (χ0n) is 27.1. The number of aromatic nitrogens is 1. The molecular weight excluding hydrogens is 534 g/mol. The number of rotatable bonds is 6. The summed E-state index contributed by atoms with van der Waals surface area (Å²) in [4.78, 5) is 5.08. The van der Waals surface area contributed by atoms with Gasteiger partial charge in [0.25, 0.3) is 0 Å². The van der Waals surface area contributed by atoms with Crippen LogP contribution in [-0.2, 0) is 12.8 Å². The molecule has 0 fully saturated rings. The van der Waals surface area contributed by atoms with Crippen molar-refractivity contribution in [3.8, 4) is 5.69 Å². The molecule has 0 bridgehead atoms. The molecule has 3 nitrogen and oxygen atoms in total. The lowest BCUT2D eigenvalue weighted by molar-refractivity contribution is 0.661. The molecule has 0 unspecified atom stereocenters. The maximum Gasteiger partial charge on any atom is 0.0534 e. The van der Waals surface area contributed by atoms with E-state index in [-0.39, 0.29) is 0 Å². The predicted molar refractivity (Wildman–Crippen MR) is 189 cm³/mol. The maximum absolute atomic E-state index is 2.62. The summed E-state index contributed by atoms with van der Waals surface area (Å²) in [6.45, 7) is 10.1. The van der Waals surface area contributed by atoms with Crippen molar-refractivity contribution in [2.24, 2.45) is 0 Å². The van der Waals surface area contributed by atoms with E-state index in [0.717, 1.165) is 25.8 Å². The Morgan fingerprint density at radius 3 is 2.36 bits per heavy atom. The highest BCUT2D eigenvalue weighted by Crippen LogP contribution is 2.43. The van der Waals surface area contributed by atoms with E-state index in [2.05, 4.69) is 121 Å². The van der Waals surface area contributed by atoms with Gasteiger partial charge in [-0.25, -0.2) is 0 Å². The first-order valence-corrected chi connectivity index (χ1v) is 17.0. The molecule has 0 radical (unpaired) electrons. The number of aryl methyl sites for hydroxylation is 1. The Bertz CT molecular complexity index is 1800. The molecule has 3 heteroatoms.